The van der Waals surface area contributed by atoms with Gasteiger partial charge in [-0.15, -0.1) is 0 Å². The second-order valence-electron chi connectivity index (χ2n) is 12.7. The van der Waals surface area contributed by atoms with Gasteiger partial charge in [0.15, 0.2) is 29.0 Å². The monoisotopic (exact) mass is 685 g/mol. The zero-order chi connectivity index (χ0) is 34.2. The van der Waals surface area contributed by atoms with Crippen LogP contribution in [-0.4, -0.2) is 72.0 Å². The molecule has 0 unspecified atom stereocenters. The van der Waals surface area contributed by atoms with Crippen LogP contribution in [0.4, 0.5) is 5.82 Å². The van der Waals surface area contributed by atoms with Gasteiger partial charge in [0, 0.05) is 0 Å². The van der Waals surface area contributed by atoms with Crippen molar-refractivity contribution in [1.82, 2.24) is 19.5 Å². The van der Waals surface area contributed by atoms with Gasteiger partial charge in [-0.2, -0.15) is 8.42 Å². The van der Waals surface area contributed by atoms with Gasteiger partial charge in [0.25, 0.3) is 10.1 Å². The van der Waals surface area contributed by atoms with Gasteiger partial charge in [-0.1, -0.05) is 72.8 Å². The van der Waals surface area contributed by atoms with Crippen LogP contribution >= 0.6 is 0 Å². The van der Waals surface area contributed by atoms with E-state index in [0.29, 0.717) is 29.8 Å². The quantitative estimate of drug-likeness (QED) is 0.103. The van der Waals surface area contributed by atoms with Gasteiger partial charge in [-0.05, 0) is 55.5 Å². The summed E-state index contributed by atoms with van der Waals surface area (Å²) in [5.74, 6) is 0.444. The summed E-state index contributed by atoms with van der Waals surface area (Å²) in [6, 6.07) is 28.4. The second-order valence-corrected chi connectivity index (χ2v) is 14.3. The van der Waals surface area contributed by atoms with Crippen LogP contribution in [0, 0.1) is 0 Å². The summed E-state index contributed by atoms with van der Waals surface area (Å²) < 4.78 is 54.5. The molecule has 0 spiro atoms. The zero-order valence-corrected chi connectivity index (χ0v) is 28.5. The van der Waals surface area contributed by atoms with Gasteiger partial charge in [0.05, 0.1) is 32.4 Å². The highest BCUT2D eigenvalue weighted by molar-refractivity contribution is 7.85. The Hall–Kier alpha value is -4.40. The highest BCUT2D eigenvalue weighted by Gasteiger charge is 2.56. The molecule has 2 aromatic heterocycles. The molecule has 3 aromatic carbocycles. The Labute approximate surface area is 285 Å². The van der Waals surface area contributed by atoms with E-state index in [0.717, 1.165) is 28.7 Å². The number of fused-ring (bicyclic) bond motifs is 2. The molecule has 0 amide bonds. The molecular weight excluding hydrogens is 646 g/mol. The number of nitrogens with one attached hydrogen (secondary N) is 1. The van der Waals surface area contributed by atoms with Gasteiger partial charge in [-0.3, -0.25) is 8.75 Å². The van der Waals surface area contributed by atoms with E-state index in [4.69, 9.17) is 33.1 Å². The number of benzene rings is 3. The Kier molecular flexibility index (Phi) is 8.88. The van der Waals surface area contributed by atoms with Crippen molar-refractivity contribution < 1.29 is 31.5 Å². The SMILES string of the molecule is COc1ccc(C(Nc2ncnc3c2ncn3[C@@H]2O[C@H](CCCOS(C)(=O)=O)[C@H]3OC(C)(C)O[C@H]32)(c2ccccc2)c2ccccc2)cc1. The summed E-state index contributed by atoms with van der Waals surface area (Å²) in [7, 11) is -1.88. The lowest BCUT2D eigenvalue weighted by atomic mass is 9.77. The lowest BCUT2D eigenvalue weighted by Gasteiger charge is -2.37. The molecule has 0 aliphatic carbocycles. The van der Waals surface area contributed by atoms with E-state index < -0.39 is 33.8 Å². The highest BCUT2D eigenvalue weighted by atomic mass is 32.2. The Morgan fingerprint density at radius 2 is 1.51 bits per heavy atom. The van der Waals surface area contributed by atoms with E-state index in [-0.39, 0.29) is 18.8 Å². The zero-order valence-electron chi connectivity index (χ0n) is 27.7. The van der Waals surface area contributed by atoms with Crippen molar-refractivity contribution in [2.24, 2.45) is 0 Å². The molecule has 2 fully saturated rings. The predicted molar refractivity (Wildman–Crippen MR) is 182 cm³/mol. The molecule has 1 N–H and O–H groups in total. The Morgan fingerprint density at radius 3 is 2.14 bits per heavy atom. The van der Waals surface area contributed by atoms with E-state index >= 15 is 0 Å². The number of methoxy groups -OCH3 is 1. The number of hydrogen-bond acceptors (Lipinski definition) is 11. The molecule has 0 bridgehead atoms. The molecule has 5 aromatic rings. The molecular formula is C36H39N5O7S. The van der Waals surface area contributed by atoms with Crippen molar-refractivity contribution in [2.45, 2.75) is 62.6 Å². The fourth-order valence-electron chi connectivity index (χ4n) is 6.85. The van der Waals surface area contributed by atoms with Crippen LogP contribution < -0.4 is 10.1 Å². The molecule has 2 aliphatic rings. The topological polar surface area (TPSA) is 136 Å². The standard InChI is InChI=1S/C36H39N5O7S/c1-35(2)47-30-28(16-11-21-45-49(4,42)43)46-34(31(30)48-35)41-23-39-29-32(37-22-38-33(29)41)40-36(24-12-7-5-8-13-24,25-14-9-6-10-15-25)26-17-19-27(44-3)20-18-26/h5-10,12-15,17-20,22-23,28,30-31,34H,11,16,21H2,1-4H3,(H,37,38,40)/t28-,30-,31-,34-/m1/s1. The number of nitrogens with zero attached hydrogens (tertiary/aromatic N) is 4. The predicted octanol–water partition coefficient (Wildman–Crippen LogP) is 5.41. The highest BCUT2D eigenvalue weighted by Crippen LogP contribution is 2.46. The first kappa shape index (κ1) is 33.1. The van der Waals surface area contributed by atoms with Crippen LogP contribution in [0.5, 0.6) is 5.75 Å². The third-order valence-electron chi connectivity index (χ3n) is 8.93. The summed E-state index contributed by atoms with van der Waals surface area (Å²) >= 11 is 0. The number of imidazole rings is 1. The minimum absolute atomic E-state index is 0.0556. The van der Waals surface area contributed by atoms with E-state index in [9.17, 15) is 8.42 Å². The van der Waals surface area contributed by atoms with E-state index in [2.05, 4.69) is 46.7 Å². The first-order valence-electron chi connectivity index (χ1n) is 16.1. The molecule has 0 radical (unpaired) electrons. The van der Waals surface area contributed by atoms with Crippen LogP contribution in [0.1, 0.15) is 49.6 Å². The summed E-state index contributed by atoms with van der Waals surface area (Å²) in [5, 5.41) is 3.81. The second kappa shape index (κ2) is 13.1. The fourth-order valence-corrected chi connectivity index (χ4v) is 7.27. The van der Waals surface area contributed by atoms with Crippen LogP contribution in [0.3, 0.4) is 0 Å². The minimum atomic E-state index is -3.54. The van der Waals surface area contributed by atoms with Gasteiger partial charge < -0.3 is 24.3 Å². The van der Waals surface area contributed by atoms with E-state index in [1.54, 1.807) is 13.4 Å². The summed E-state index contributed by atoms with van der Waals surface area (Å²) in [6.07, 6.45) is 3.42. The lowest BCUT2D eigenvalue weighted by molar-refractivity contribution is -0.197. The number of anilines is 1. The Morgan fingerprint density at radius 1 is 0.878 bits per heavy atom. The average Bonchev–Trinajstić information content (AvgIpc) is 3.77. The van der Waals surface area contributed by atoms with Gasteiger partial charge in [0.1, 0.15) is 29.8 Å². The number of hydrogen-bond donors (Lipinski definition) is 1. The third kappa shape index (κ3) is 6.52. The Bertz CT molecular complexity index is 1970. The van der Waals surface area contributed by atoms with E-state index in [1.165, 1.54) is 6.33 Å². The maximum absolute atomic E-state index is 11.5. The molecule has 2 aliphatic heterocycles. The largest absolute Gasteiger partial charge is 0.497 e. The Balaban J connectivity index is 1.28. The summed E-state index contributed by atoms with van der Waals surface area (Å²) in [6.45, 7) is 3.79. The maximum Gasteiger partial charge on any atom is 0.264 e. The number of aromatic nitrogens is 4. The average molecular weight is 686 g/mol. The van der Waals surface area contributed by atoms with Crippen molar-refractivity contribution >= 4 is 27.1 Å². The van der Waals surface area contributed by atoms with Crippen LogP contribution in [-0.2, 0) is 34.1 Å². The van der Waals surface area contributed by atoms with Crippen LogP contribution in [0.25, 0.3) is 11.2 Å². The van der Waals surface area contributed by atoms with Crippen molar-refractivity contribution in [3.63, 3.8) is 0 Å². The smallest absolute Gasteiger partial charge is 0.264 e. The van der Waals surface area contributed by atoms with Crippen molar-refractivity contribution in [3.05, 3.63) is 114 Å². The first-order valence-corrected chi connectivity index (χ1v) is 18.0. The molecule has 13 heteroatoms. The third-order valence-corrected chi connectivity index (χ3v) is 9.53. The van der Waals surface area contributed by atoms with E-state index in [1.807, 2.05) is 66.9 Å². The molecule has 256 valence electrons. The van der Waals surface area contributed by atoms with Gasteiger partial charge >= 0.3 is 0 Å². The summed E-state index contributed by atoms with van der Waals surface area (Å²) in [4.78, 5) is 14.2. The van der Waals surface area contributed by atoms with Gasteiger partial charge in [0.2, 0.25) is 0 Å². The maximum atomic E-state index is 11.5. The molecule has 7 rings (SSSR count). The van der Waals surface area contributed by atoms with Crippen molar-refractivity contribution in [1.29, 1.82) is 0 Å². The van der Waals surface area contributed by atoms with Gasteiger partial charge in [-0.25, -0.2) is 15.0 Å². The summed E-state index contributed by atoms with van der Waals surface area (Å²) in [5.41, 5.74) is 3.21. The number of ether oxygens (including phenoxy) is 4. The number of rotatable bonds is 12. The molecule has 2 saturated heterocycles. The molecule has 4 heterocycles. The van der Waals surface area contributed by atoms with Crippen molar-refractivity contribution in [2.75, 3.05) is 25.3 Å². The first-order chi connectivity index (χ1) is 23.6. The molecule has 12 nitrogen and oxygen atoms in total. The fraction of sp³-hybridized carbons (Fsp3) is 0.361. The molecule has 4 atom stereocenters. The van der Waals surface area contributed by atoms with Crippen LogP contribution in [0.2, 0.25) is 0 Å². The minimum Gasteiger partial charge on any atom is -0.497 e. The normalized spacial score (nSPS) is 21.9. The molecule has 0 saturated carbocycles. The molecule has 49 heavy (non-hydrogen) atoms. The lowest BCUT2D eigenvalue weighted by Crippen LogP contribution is -2.38. The van der Waals surface area contributed by atoms with Crippen molar-refractivity contribution in [3.8, 4) is 5.75 Å². The van der Waals surface area contributed by atoms with Crippen LogP contribution in [0.15, 0.2) is 97.6 Å².